The highest BCUT2D eigenvalue weighted by Gasteiger charge is 2.21. The van der Waals surface area contributed by atoms with Crippen molar-refractivity contribution in [2.75, 3.05) is 5.88 Å². The highest BCUT2D eigenvalue weighted by Crippen LogP contribution is 2.31. The van der Waals surface area contributed by atoms with Crippen LogP contribution < -0.4 is 0 Å². The number of halogens is 2. The van der Waals surface area contributed by atoms with Gasteiger partial charge in [0, 0.05) is 24.9 Å². The quantitative estimate of drug-likeness (QED) is 0.743. The summed E-state index contributed by atoms with van der Waals surface area (Å²) in [5.41, 5.74) is 1.79. The minimum atomic E-state index is -0.226. The third-order valence-electron chi connectivity index (χ3n) is 4.68. The molecule has 21 heavy (non-hydrogen) atoms. The Bertz CT molecular complexity index is 615. The van der Waals surface area contributed by atoms with Gasteiger partial charge < -0.3 is 4.57 Å². The number of hydrogen-bond donors (Lipinski definition) is 0. The molecule has 0 spiro atoms. The lowest BCUT2D eigenvalue weighted by molar-refractivity contribution is 0.265. The van der Waals surface area contributed by atoms with Crippen LogP contribution in [0.1, 0.15) is 38.4 Å². The van der Waals surface area contributed by atoms with Gasteiger partial charge in [-0.15, -0.1) is 11.6 Å². The normalized spacial score (nSPS) is 22.8. The number of rotatable bonds is 4. The Hall–Kier alpha value is -1.09. The molecule has 0 amide bonds. The van der Waals surface area contributed by atoms with Gasteiger partial charge in [0.25, 0.3) is 0 Å². The highest BCUT2D eigenvalue weighted by atomic mass is 35.5. The van der Waals surface area contributed by atoms with Crippen LogP contribution in [0.4, 0.5) is 4.39 Å². The van der Waals surface area contributed by atoms with Gasteiger partial charge in [-0.3, -0.25) is 0 Å². The molecular weight excluding hydrogens is 287 g/mol. The molecule has 1 aromatic carbocycles. The second-order valence-electron chi connectivity index (χ2n) is 6.34. The van der Waals surface area contributed by atoms with Crippen molar-refractivity contribution in [3.63, 3.8) is 0 Å². The molecule has 0 unspecified atom stereocenters. The van der Waals surface area contributed by atoms with E-state index in [9.17, 15) is 4.39 Å². The largest absolute Gasteiger partial charge is 0.328 e. The van der Waals surface area contributed by atoms with E-state index in [2.05, 4.69) is 16.5 Å². The van der Waals surface area contributed by atoms with Crippen LogP contribution in [-0.2, 0) is 13.0 Å². The summed E-state index contributed by atoms with van der Waals surface area (Å²) in [4.78, 5) is 4.58. The molecule has 0 saturated heterocycles. The first-order valence-corrected chi connectivity index (χ1v) is 8.41. The van der Waals surface area contributed by atoms with E-state index in [0.717, 1.165) is 35.7 Å². The molecule has 1 aromatic heterocycles. The molecule has 2 nitrogen and oxygen atoms in total. The van der Waals surface area contributed by atoms with Crippen molar-refractivity contribution in [3.05, 3.63) is 29.8 Å². The Labute approximate surface area is 130 Å². The SMILES string of the molecule is CC1CCC(Cn2c(CCCl)nc3cc(F)ccc32)CC1. The van der Waals surface area contributed by atoms with Crippen LogP contribution in [0.25, 0.3) is 11.0 Å². The molecule has 1 fully saturated rings. The minimum Gasteiger partial charge on any atom is -0.328 e. The minimum absolute atomic E-state index is 0.226. The van der Waals surface area contributed by atoms with E-state index in [-0.39, 0.29) is 5.82 Å². The summed E-state index contributed by atoms with van der Waals surface area (Å²) in [6, 6.07) is 4.89. The van der Waals surface area contributed by atoms with Gasteiger partial charge in [-0.2, -0.15) is 0 Å². The predicted octanol–water partition coefficient (Wildman–Crippen LogP) is 4.78. The Kier molecular flexibility index (Phi) is 4.48. The topological polar surface area (TPSA) is 17.8 Å². The molecule has 0 aliphatic heterocycles. The standard InChI is InChI=1S/C17H22ClFN2/c1-12-2-4-13(5-3-12)11-21-16-7-6-14(19)10-15(16)20-17(21)8-9-18/h6-7,10,12-13H,2-5,8-9,11H2,1H3. The van der Waals surface area contributed by atoms with E-state index in [1.54, 1.807) is 0 Å². The average Bonchev–Trinajstić information content (AvgIpc) is 2.79. The molecule has 2 aromatic rings. The zero-order valence-corrected chi connectivity index (χ0v) is 13.2. The van der Waals surface area contributed by atoms with Crippen molar-refractivity contribution in [1.82, 2.24) is 9.55 Å². The van der Waals surface area contributed by atoms with Crippen molar-refractivity contribution in [1.29, 1.82) is 0 Å². The summed E-state index contributed by atoms with van der Waals surface area (Å²) in [7, 11) is 0. The van der Waals surface area contributed by atoms with Crippen LogP contribution in [0, 0.1) is 17.7 Å². The molecule has 1 heterocycles. The third-order valence-corrected chi connectivity index (χ3v) is 4.87. The van der Waals surface area contributed by atoms with Crippen LogP contribution in [0.5, 0.6) is 0 Å². The molecule has 4 heteroatoms. The molecule has 1 saturated carbocycles. The van der Waals surface area contributed by atoms with Crippen molar-refractivity contribution in [2.45, 2.75) is 45.6 Å². The van der Waals surface area contributed by atoms with Crippen molar-refractivity contribution in [3.8, 4) is 0 Å². The lowest BCUT2D eigenvalue weighted by atomic mass is 9.83. The van der Waals surface area contributed by atoms with E-state index in [1.807, 2.05) is 6.07 Å². The summed E-state index contributed by atoms with van der Waals surface area (Å²) >= 11 is 5.90. The number of fused-ring (bicyclic) bond motifs is 1. The van der Waals surface area contributed by atoms with Crippen LogP contribution in [0.2, 0.25) is 0 Å². The number of imidazole rings is 1. The van der Waals surface area contributed by atoms with E-state index in [1.165, 1.54) is 37.8 Å². The first-order valence-electron chi connectivity index (χ1n) is 7.88. The molecule has 1 aliphatic rings. The van der Waals surface area contributed by atoms with Gasteiger partial charge in [0.15, 0.2) is 0 Å². The highest BCUT2D eigenvalue weighted by molar-refractivity contribution is 6.17. The lowest BCUT2D eigenvalue weighted by Crippen LogP contribution is -2.19. The van der Waals surface area contributed by atoms with Crippen LogP contribution in [0.3, 0.4) is 0 Å². The molecule has 114 valence electrons. The maximum absolute atomic E-state index is 13.4. The van der Waals surface area contributed by atoms with E-state index < -0.39 is 0 Å². The van der Waals surface area contributed by atoms with Gasteiger partial charge in [0.05, 0.1) is 11.0 Å². The lowest BCUT2D eigenvalue weighted by Gasteiger charge is -2.27. The molecule has 0 bridgehead atoms. The Morgan fingerprint density at radius 3 is 2.76 bits per heavy atom. The number of aromatic nitrogens is 2. The number of aryl methyl sites for hydroxylation is 1. The summed E-state index contributed by atoms with van der Waals surface area (Å²) < 4.78 is 15.7. The zero-order chi connectivity index (χ0) is 14.8. The van der Waals surface area contributed by atoms with E-state index in [0.29, 0.717) is 11.8 Å². The third kappa shape index (κ3) is 3.23. The molecule has 0 N–H and O–H groups in total. The number of alkyl halides is 1. The van der Waals surface area contributed by atoms with E-state index >= 15 is 0 Å². The second-order valence-corrected chi connectivity index (χ2v) is 6.71. The summed E-state index contributed by atoms with van der Waals surface area (Å²) in [6.45, 7) is 3.33. The first-order chi connectivity index (χ1) is 10.2. The fourth-order valence-corrected chi connectivity index (χ4v) is 3.57. The average molecular weight is 309 g/mol. The maximum atomic E-state index is 13.4. The number of hydrogen-bond acceptors (Lipinski definition) is 1. The Morgan fingerprint density at radius 2 is 2.05 bits per heavy atom. The van der Waals surface area contributed by atoms with Gasteiger partial charge in [-0.25, -0.2) is 9.37 Å². The summed E-state index contributed by atoms with van der Waals surface area (Å²) in [5, 5.41) is 0. The molecule has 3 rings (SSSR count). The predicted molar refractivity (Wildman–Crippen MR) is 85.2 cm³/mol. The number of benzene rings is 1. The molecule has 0 radical (unpaired) electrons. The Balaban J connectivity index is 1.89. The van der Waals surface area contributed by atoms with Crippen LogP contribution in [0.15, 0.2) is 18.2 Å². The fraction of sp³-hybridized carbons (Fsp3) is 0.588. The summed E-state index contributed by atoms with van der Waals surface area (Å²) in [5.74, 6) is 2.88. The van der Waals surface area contributed by atoms with E-state index in [4.69, 9.17) is 11.6 Å². The van der Waals surface area contributed by atoms with Crippen LogP contribution >= 0.6 is 11.6 Å². The van der Waals surface area contributed by atoms with Crippen molar-refractivity contribution >= 4 is 22.6 Å². The van der Waals surface area contributed by atoms with Gasteiger partial charge in [0.2, 0.25) is 0 Å². The maximum Gasteiger partial charge on any atom is 0.125 e. The van der Waals surface area contributed by atoms with Gasteiger partial charge in [0.1, 0.15) is 11.6 Å². The molecule has 0 atom stereocenters. The number of nitrogens with zero attached hydrogens (tertiary/aromatic N) is 2. The van der Waals surface area contributed by atoms with Gasteiger partial charge in [-0.1, -0.05) is 19.8 Å². The fourth-order valence-electron chi connectivity index (χ4n) is 3.40. The second kappa shape index (κ2) is 6.35. The van der Waals surface area contributed by atoms with Gasteiger partial charge >= 0.3 is 0 Å². The van der Waals surface area contributed by atoms with Crippen molar-refractivity contribution in [2.24, 2.45) is 11.8 Å². The monoisotopic (exact) mass is 308 g/mol. The van der Waals surface area contributed by atoms with Crippen LogP contribution in [-0.4, -0.2) is 15.4 Å². The zero-order valence-electron chi connectivity index (χ0n) is 12.5. The van der Waals surface area contributed by atoms with Crippen molar-refractivity contribution < 1.29 is 4.39 Å². The molecular formula is C17H22ClFN2. The smallest absolute Gasteiger partial charge is 0.125 e. The first kappa shape index (κ1) is 14.8. The summed E-state index contributed by atoms with van der Waals surface area (Å²) in [6.07, 6.45) is 5.93. The van der Waals surface area contributed by atoms with Gasteiger partial charge in [-0.05, 0) is 36.8 Å². The molecule has 1 aliphatic carbocycles. The Morgan fingerprint density at radius 1 is 1.29 bits per heavy atom.